The molecule has 0 unspecified atom stereocenters. The third-order valence-corrected chi connectivity index (χ3v) is 9.55. The first-order valence-corrected chi connectivity index (χ1v) is 13.8. The number of nitrogens with one attached hydrogen (secondary N) is 1. The summed E-state index contributed by atoms with van der Waals surface area (Å²) in [6, 6.07) is 11.2. The Morgan fingerprint density at radius 1 is 1.06 bits per heavy atom. The van der Waals surface area contributed by atoms with E-state index in [1.54, 1.807) is 17.0 Å². The number of amides is 2. The van der Waals surface area contributed by atoms with Gasteiger partial charge in [-0.2, -0.15) is 4.31 Å². The van der Waals surface area contributed by atoms with Gasteiger partial charge >= 0.3 is 0 Å². The molecule has 1 saturated heterocycles. The van der Waals surface area contributed by atoms with Gasteiger partial charge in [-0.05, 0) is 76.5 Å². The van der Waals surface area contributed by atoms with Crippen LogP contribution in [0, 0.1) is 5.92 Å². The summed E-state index contributed by atoms with van der Waals surface area (Å²) in [7, 11) is -3.77. The molecule has 9 heteroatoms. The zero-order valence-corrected chi connectivity index (χ0v) is 22.1. The zero-order chi connectivity index (χ0) is 24.6. The lowest BCUT2D eigenvalue weighted by atomic mass is 9.97. The lowest BCUT2D eigenvalue weighted by Gasteiger charge is -2.31. The fourth-order valence-electron chi connectivity index (χ4n) is 4.61. The van der Waals surface area contributed by atoms with E-state index in [-0.39, 0.29) is 35.7 Å². The van der Waals surface area contributed by atoms with E-state index in [0.717, 1.165) is 11.3 Å². The standard InChI is InChI=1S/C25H30BrN3O4S/c1-16(2)18-4-6-21(7-5-18)27-25(31)19-8-11-28(12-9-19)34(32,33)24-15-23-20(14-22(24)26)10-13-29(23)17(3)30/h4-7,14-16,19H,8-13H2,1-3H3,(H,27,31). The number of sulfonamides is 1. The summed E-state index contributed by atoms with van der Waals surface area (Å²) in [4.78, 5) is 26.5. The largest absolute Gasteiger partial charge is 0.326 e. The van der Waals surface area contributed by atoms with E-state index in [2.05, 4.69) is 35.1 Å². The summed E-state index contributed by atoms with van der Waals surface area (Å²) in [5.74, 6) is 0.000380. The molecule has 4 rings (SSSR count). The number of anilines is 2. The highest BCUT2D eigenvalue weighted by Crippen LogP contribution is 2.37. The number of carbonyl (C=O) groups is 2. The Balaban J connectivity index is 1.43. The molecule has 2 heterocycles. The maximum atomic E-state index is 13.4. The fourth-order valence-corrected chi connectivity index (χ4v) is 7.15. The number of hydrogen-bond acceptors (Lipinski definition) is 4. The van der Waals surface area contributed by atoms with Gasteiger partial charge in [0.25, 0.3) is 0 Å². The number of hydrogen-bond donors (Lipinski definition) is 1. The topological polar surface area (TPSA) is 86.8 Å². The van der Waals surface area contributed by atoms with Crippen molar-refractivity contribution < 1.29 is 18.0 Å². The molecule has 1 N–H and O–H groups in total. The van der Waals surface area contributed by atoms with Crippen LogP contribution in [0.15, 0.2) is 45.8 Å². The van der Waals surface area contributed by atoms with Crippen LogP contribution in [0.5, 0.6) is 0 Å². The van der Waals surface area contributed by atoms with Gasteiger partial charge in [-0.1, -0.05) is 26.0 Å². The SMILES string of the molecule is CC(=O)N1CCc2cc(Br)c(S(=O)(=O)N3CCC(C(=O)Nc4ccc(C(C)C)cc4)CC3)cc21. The predicted molar refractivity (Wildman–Crippen MR) is 137 cm³/mol. The van der Waals surface area contributed by atoms with Crippen molar-refractivity contribution in [2.45, 2.75) is 50.8 Å². The normalized spacial score (nSPS) is 17.1. The molecule has 1 fully saturated rings. The Morgan fingerprint density at radius 3 is 2.29 bits per heavy atom. The molecule has 7 nitrogen and oxygen atoms in total. The minimum absolute atomic E-state index is 0.0786. The van der Waals surface area contributed by atoms with Crippen molar-refractivity contribution in [3.8, 4) is 0 Å². The zero-order valence-electron chi connectivity index (χ0n) is 19.7. The number of rotatable bonds is 5. The van der Waals surface area contributed by atoms with E-state index in [1.807, 2.05) is 24.3 Å². The van der Waals surface area contributed by atoms with Crippen LogP contribution in [0.4, 0.5) is 11.4 Å². The van der Waals surface area contributed by atoms with Crippen molar-refractivity contribution in [1.82, 2.24) is 4.31 Å². The number of carbonyl (C=O) groups excluding carboxylic acids is 2. The van der Waals surface area contributed by atoms with Gasteiger partial charge in [0, 0.05) is 48.3 Å². The van der Waals surface area contributed by atoms with Crippen LogP contribution < -0.4 is 10.2 Å². The molecule has 182 valence electrons. The van der Waals surface area contributed by atoms with Crippen molar-refractivity contribution in [1.29, 1.82) is 0 Å². The van der Waals surface area contributed by atoms with E-state index >= 15 is 0 Å². The van der Waals surface area contributed by atoms with Crippen molar-refractivity contribution in [3.05, 3.63) is 52.0 Å². The molecule has 0 radical (unpaired) electrons. The van der Waals surface area contributed by atoms with Crippen molar-refractivity contribution >= 4 is 49.1 Å². The van der Waals surface area contributed by atoms with E-state index in [1.165, 1.54) is 16.8 Å². The average molecular weight is 549 g/mol. The average Bonchev–Trinajstić information content (AvgIpc) is 3.22. The highest BCUT2D eigenvalue weighted by Gasteiger charge is 2.35. The predicted octanol–water partition coefficient (Wildman–Crippen LogP) is 4.52. The molecule has 2 aliphatic rings. The lowest BCUT2D eigenvalue weighted by Crippen LogP contribution is -2.41. The number of halogens is 1. The molecule has 0 spiro atoms. The Bertz CT molecular complexity index is 1200. The Hall–Kier alpha value is -2.23. The number of benzene rings is 2. The van der Waals surface area contributed by atoms with Gasteiger partial charge in [0.2, 0.25) is 21.8 Å². The Kier molecular flexibility index (Phi) is 7.17. The third kappa shape index (κ3) is 4.92. The minimum atomic E-state index is -3.77. The smallest absolute Gasteiger partial charge is 0.244 e. The second-order valence-corrected chi connectivity index (χ2v) is 12.0. The van der Waals surface area contributed by atoms with Gasteiger partial charge in [-0.15, -0.1) is 0 Å². The molecular weight excluding hydrogens is 518 g/mol. The van der Waals surface area contributed by atoms with Crippen LogP contribution in [0.1, 0.15) is 50.7 Å². The lowest BCUT2D eigenvalue weighted by molar-refractivity contribution is -0.121. The van der Waals surface area contributed by atoms with Crippen LogP contribution in [-0.4, -0.2) is 44.2 Å². The quantitative estimate of drug-likeness (QED) is 0.596. The van der Waals surface area contributed by atoms with Crippen LogP contribution in [-0.2, 0) is 26.0 Å². The van der Waals surface area contributed by atoms with Crippen molar-refractivity contribution in [3.63, 3.8) is 0 Å². The van der Waals surface area contributed by atoms with Gasteiger partial charge < -0.3 is 10.2 Å². The Labute approximate surface area is 209 Å². The molecule has 34 heavy (non-hydrogen) atoms. The fraction of sp³-hybridized carbons (Fsp3) is 0.440. The number of piperidine rings is 1. The summed E-state index contributed by atoms with van der Waals surface area (Å²) in [5.41, 5.74) is 3.58. The molecule has 0 bridgehead atoms. The molecule has 2 amide bonds. The minimum Gasteiger partial charge on any atom is -0.326 e. The second kappa shape index (κ2) is 9.79. The summed E-state index contributed by atoms with van der Waals surface area (Å²) < 4.78 is 28.8. The van der Waals surface area contributed by atoms with Crippen molar-refractivity contribution in [2.24, 2.45) is 5.92 Å². The first kappa shape index (κ1) is 24.9. The van der Waals surface area contributed by atoms with Crippen LogP contribution in [0.25, 0.3) is 0 Å². The molecule has 0 aromatic heterocycles. The molecular formula is C25H30BrN3O4S. The molecule has 2 aromatic carbocycles. The number of fused-ring (bicyclic) bond motifs is 1. The Morgan fingerprint density at radius 2 is 1.71 bits per heavy atom. The summed E-state index contributed by atoms with van der Waals surface area (Å²) in [5, 5.41) is 2.96. The van der Waals surface area contributed by atoms with E-state index in [0.29, 0.717) is 41.9 Å². The van der Waals surface area contributed by atoms with Crippen LogP contribution in [0.2, 0.25) is 0 Å². The molecule has 0 aliphatic carbocycles. The van der Waals surface area contributed by atoms with Crippen LogP contribution in [0.3, 0.4) is 0 Å². The molecule has 2 aliphatic heterocycles. The van der Waals surface area contributed by atoms with Crippen molar-refractivity contribution in [2.75, 3.05) is 29.9 Å². The summed E-state index contributed by atoms with van der Waals surface area (Å²) >= 11 is 3.42. The van der Waals surface area contributed by atoms with Crippen LogP contribution >= 0.6 is 15.9 Å². The van der Waals surface area contributed by atoms with E-state index in [4.69, 9.17) is 0 Å². The highest BCUT2D eigenvalue weighted by molar-refractivity contribution is 9.10. The highest BCUT2D eigenvalue weighted by atomic mass is 79.9. The number of nitrogens with zero attached hydrogens (tertiary/aromatic N) is 2. The first-order chi connectivity index (χ1) is 16.1. The summed E-state index contributed by atoms with van der Waals surface area (Å²) in [6.07, 6.45) is 1.61. The molecule has 0 atom stereocenters. The van der Waals surface area contributed by atoms with Gasteiger partial charge in [0.1, 0.15) is 0 Å². The van der Waals surface area contributed by atoms with Gasteiger partial charge in [0.15, 0.2) is 0 Å². The van der Waals surface area contributed by atoms with E-state index < -0.39 is 10.0 Å². The molecule has 0 saturated carbocycles. The third-order valence-electron chi connectivity index (χ3n) is 6.70. The van der Waals surface area contributed by atoms with Gasteiger partial charge in [-0.25, -0.2) is 8.42 Å². The maximum Gasteiger partial charge on any atom is 0.244 e. The van der Waals surface area contributed by atoms with Gasteiger partial charge in [0.05, 0.1) is 4.90 Å². The second-order valence-electron chi connectivity index (χ2n) is 9.28. The van der Waals surface area contributed by atoms with E-state index in [9.17, 15) is 18.0 Å². The maximum absolute atomic E-state index is 13.4. The van der Waals surface area contributed by atoms with Gasteiger partial charge in [-0.3, -0.25) is 9.59 Å². The summed E-state index contributed by atoms with van der Waals surface area (Å²) in [6.45, 7) is 6.83. The monoisotopic (exact) mass is 547 g/mol. The first-order valence-electron chi connectivity index (χ1n) is 11.6. The molecule has 2 aromatic rings.